The van der Waals surface area contributed by atoms with E-state index in [9.17, 15) is 26.4 Å². The molecule has 2 aliphatic heterocycles. The summed E-state index contributed by atoms with van der Waals surface area (Å²) in [5.41, 5.74) is 1.05. The number of amides is 1. The Hall–Kier alpha value is -2.51. The molecule has 0 bridgehead atoms. The van der Waals surface area contributed by atoms with Crippen molar-refractivity contribution in [2.75, 3.05) is 13.1 Å². The number of carbonyl (C=O) groups excluding carboxylic acids is 1. The minimum Gasteiger partial charge on any atom is -0.349 e. The van der Waals surface area contributed by atoms with Gasteiger partial charge >= 0.3 is 6.18 Å². The molecule has 0 spiro atoms. The van der Waals surface area contributed by atoms with Crippen molar-refractivity contribution in [3.8, 4) is 0 Å². The fraction of sp³-hybridized carbons (Fsp3) is 0.536. The highest BCUT2D eigenvalue weighted by molar-refractivity contribution is 7.89. The van der Waals surface area contributed by atoms with E-state index >= 15 is 0 Å². The Bertz CT molecular complexity index is 1380. The lowest BCUT2D eigenvalue weighted by Gasteiger charge is -2.33. The van der Waals surface area contributed by atoms with Crippen LogP contribution in [-0.4, -0.2) is 49.2 Å². The SMILES string of the molecule is CC(C)(C)NCc1ccc2c(c1)CCC[C@H]2NC(=O)CC12OC1NCCN2S(=O)(=O)c1ccc(C(F)(F)F)cc1. The zero-order valence-electron chi connectivity index (χ0n) is 22.8. The summed E-state index contributed by atoms with van der Waals surface area (Å²) < 4.78 is 72.8. The first-order chi connectivity index (χ1) is 18.7. The fourth-order valence-electron chi connectivity index (χ4n) is 5.51. The quantitative estimate of drug-likeness (QED) is 0.431. The summed E-state index contributed by atoms with van der Waals surface area (Å²) in [5, 5.41) is 9.63. The van der Waals surface area contributed by atoms with E-state index in [0.29, 0.717) is 0 Å². The van der Waals surface area contributed by atoms with E-state index in [-0.39, 0.29) is 41.9 Å². The van der Waals surface area contributed by atoms with Gasteiger partial charge in [-0.05, 0) is 81.0 Å². The highest BCUT2D eigenvalue weighted by Crippen LogP contribution is 2.46. The van der Waals surface area contributed by atoms with Crippen LogP contribution in [-0.2, 0) is 38.7 Å². The van der Waals surface area contributed by atoms with Gasteiger partial charge in [-0.1, -0.05) is 18.2 Å². The second kappa shape index (κ2) is 10.4. The third-order valence-electron chi connectivity index (χ3n) is 7.60. The van der Waals surface area contributed by atoms with Crippen LogP contribution in [0.2, 0.25) is 0 Å². The standard InChI is InChI=1S/C28H35F3N4O4S/c1-26(2,3)33-17-18-7-12-22-19(15-18)5-4-6-23(22)34-24(36)16-27-25(39-27)32-13-14-35(27)40(37,38)21-10-8-20(9-11-21)28(29,30)31/h7-12,15,23,25,32-33H,4-6,13-14,16-17H2,1-3H3,(H,34,36)/t23-,25?,27?/m1/s1. The van der Waals surface area contributed by atoms with Crippen LogP contribution < -0.4 is 16.0 Å². The first-order valence-corrected chi connectivity index (χ1v) is 14.9. The molecule has 12 heteroatoms. The van der Waals surface area contributed by atoms with Crippen molar-refractivity contribution < 1.29 is 31.1 Å². The predicted molar refractivity (Wildman–Crippen MR) is 142 cm³/mol. The lowest BCUT2D eigenvalue weighted by atomic mass is 9.86. The first kappa shape index (κ1) is 29.0. The second-order valence-corrected chi connectivity index (χ2v) is 13.6. The number of nitrogens with one attached hydrogen (secondary N) is 3. The zero-order chi connectivity index (χ0) is 28.9. The lowest BCUT2D eigenvalue weighted by Crippen LogP contribution is -2.55. The zero-order valence-corrected chi connectivity index (χ0v) is 23.6. The summed E-state index contributed by atoms with van der Waals surface area (Å²) in [5.74, 6) is -0.352. The molecule has 0 aromatic heterocycles. The molecule has 2 aromatic carbocycles. The minimum atomic E-state index is -4.58. The number of sulfonamides is 1. The average molecular weight is 581 g/mol. The third kappa shape index (κ3) is 5.91. The predicted octanol–water partition coefficient (Wildman–Crippen LogP) is 3.82. The molecule has 1 amide bonds. The third-order valence-corrected chi connectivity index (χ3v) is 9.54. The number of epoxide rings is 1. The molecule has 2 unspecified atom stereocenters. The van der Waals surface area contributed by atoms with Crippen LogP contribution in [0, 0.1) is 0 Å². The number of benzene rings is 2. The molecule has 2 fully saturated rings. The number of hydrogen-bond acceptors (Lipinski definition) is 6. The van der Waals surface area contributed by atoms with Gasteiger partial charge in [0.2, 0.25) is 15.9 Å². The van der Waals surface area contributed by atoms with E-state index in [1.165, 1.54) is 11.1 Å². The van der Waals surface area contributed by atoms with Gasteiger partial charge < -0.3 is 15.4 Å². The smallest absolute Gasteiger partial charge is 0.349 e. The maximum Gasteiger partial charge on any atom is 0.416 e. The van der Waals surface area contributed by atoms with E-state index < -0.39 is 33.7 Å². The van der Waals surface area contributed by atoms with Crippen molar-refractivity contribution in [1.82, 2.24) is 20.3 Å². The molecule has 2 aromatic rings. The van der Waals surface area contributed by atoms with Gasteiger partial charge in [-0.25, -0.2) is 8.42 Å². The Morgan fingerprint density at radius 1 is 1.15 bits per heavy atom. The Labute approximate surface area is 232 Å². The van der Waals surface area contributed by atoms with Gasteiger partial charge in [-0.2, -0.15) is 17.5 Å². The number of ether oxygens (including phenoxy) is 1. The molecule has 1 aliphatic carbocycles. The highest BCUT2D eigenvalue weighted by atomic mass is 32.2. The van der Waals surface area contributed by atoms with Gasteiger partial charge in [-0.3, -0.25) is 10.1 Å². The van der Waals surface area contributed by atoms with Crippen molar-refractivity contribution in [3.63, 3.8) is 0 Å². The molecule has 8 nitrogen and oxygen atoms in total. The molecule has 218 valence electrons. The number of aryl methyl sites for hydroxylation is 1. The van der Waals surface area contributed by atoms with Gasteiger partial charge in [0.1, 0.15) is 0 Å². The van der Waals surface area contributed by atoms with E-state index in [0.717, 1.165) is 59.9 Å². The summed E-state index contributed by atoms with van der Waals surface area (Å²) in [6, 6.07) is 9.45. The molecule has 2 saturated heterocycles. The molecule has 0 saturated carbocycles. The summed E-state index contributed by atoms with van der Waals surface area (Å²) in [6.07, 6.45) is -2.89. The van der Waals surface area contributed by atoms with Crippen LogP contribution in [0.4, 0.5) is 13.2 Å². The summed E-state index contributed by atoms with van der Waals surface area (Å²) in [6.45, 7) is 7.39. The van der Waals surface area contributed by atoms with E-state index in [1.54, 1.807) is 0 Å². The number of carbonyl (C=O) groups is 1. The maximum absolute atomic E-state index is 13.5. The molecule has 5 rings (SSSR count). The van der Waals surface area contributed by atoms with Gasteiger partial charge in [0.05, 0.1) is 22.9 Å². The topological polar surface area (TPSA) is 103 Å². The van der Waals surface area contributed by atoms with Crippen LogP contribution in [0.3, 0.4) is 0 Å². The normalized spacial score (nSPS) is 25.1. The summed E-state index contributed by atoms with van der Waals surface area (Å²) >= 11 is 0. The highest BCUT2D eigenvalue weighted by Gasteiger charge is 2.67. The van der Waals surface area contributed by atoms with Crippen molar-refractivity contribution in [1.29, 1.82) is 0 Å². The largest absolute Gasteiger partial charge is 0.416 e. The number of alkyl halides is 3. The molecule has 2 heterocycles. The van der Waals surface area contributed by atoms with Gasteiger partial charge in [0.25, 0.3) is 0 Å². The van der Waals surface area contributed by atoms with Crippen LogP contribution in [0.25, 0.3) is 0 Å². The number of fused-ring (bicyclic) bond motifs is 2. The Balaban J connectivity index is 1.30. The van der Waals surface area contributed by atoms with E-state index in [4.69, 9.17) is 4.74 Å². The Morgan fingerprint density at radius 3 is 2.55 bits per heavy atom. The van der Waals surface area contributed by atoms with Crippen molar-refractivity contribution in [3.05, 3.63) is 64.7 Å². The number of hydrogen-bond donors (Lipinski definition) is 3. The van der Waals surface area contributed by atoms with Gasteiger partial charge in [0.15, 0.2) is 12.0 Å². The molecular weight excluding hydrogens is 545 g/mol. The lowest BCUT2D eigenvalue weighted by molar-refractivity contribution is -0.137. The van der Waals surface area contributed by atoms with Crippen molar-refractivity contribution >= 4 is 15.9 Å². The molecular formula is C28H35F3N4O4S. The van der Waals surface area contributed by atoms with Crippen LogP contribution in [0.5, 0.6) is 0 Å². The second-order valence-electron chi connectivity index (χ2n) is 11.7. The van der Waals surface area contributed by atoms with E-state index in [2.05, 4.69) is 54.9 Å². The van der Waals surface area contributed by atoms with Crippen molar-refractivity contribution in [2.24, 2.45) is 0 Å². The molecule has 3 aliphatic rings. The van der Waals surface area contributed by atoms with Crippen LogP contribution in [0.15, 0.2) is 47.4 Å². The monoisotopic (exact) mass is 580 g/mol. The van der Waals surface area contributed by atoms with Gasteiger partial charge in [0, 0.05) is 25.2 Å². The molecule has 3 N–H and O–H groups in total. The summed E-state index contributed by atoms with van der Waals surface area (Å²) in [7, 11) is -4.22. The summed E-state index contributed by atoms with van der Waals surface area (Å²) in [4.78, 5) is 13.0. The average Bonchev–Trinajstić information content (AvgIpc) is 3.60. The molecule has 3 atom stereocenters. The van der Waals surface area contributed by atoms with Crippen molar-refractivity contribution in [2.45, 2.75) is 87.6 Å². The van der Waals surface area contributed by atoms with Crippen LogP contribution in [0.1, 0.15) is 68.3 Å². The van der Waals surface area contributed by atoms with E-state index in [1.807, 2.05) is 0 Å². The van der Waals surface area contributed by atoms with Gasteiger partial charge in [-0.15, -0.1) is 0 Å². The number of rotatable bonds is 7. The fourth-order valence-corrected chi connectivity index (χ4v) is 7.18. The Kier molecular flexibility index (Phi) is 7.54. The minimum absolute atomic E-state index is 0.00354. The Morgan fingerprint density at radius 2 is 1.88 bits per heavy atom. The molecule has 0 radical (unpaired) electrons. The number of halogens is 3. The number of nitrogens with zero attached hydrogens (tertiary/aromatic N) is 1. The first-order valence-electron chi connectivity index (χ1n) is 13.5. The number of piperazine rings is 1. The van der Waals surface area contributed by atoms with Crippen LogP contribution >= 0.6 is 0 Å². The molecule has 40 heavy (non-hydrogen) atoms. The maximum atomic E-state index is 13.5.